The third-order valence-corrected chi connectivity index (χ3v) is 7.80. The Morgan fingerprint density at radius 2 is 1.65 bits per heavy atom. The van der Waals surface area contributed by atoms with Gasteiger partial charge >= 0.3 is 0 Å². The van der Waals surface area contributed by atoms with Crippen LogP contribution in [0.2, 0.25) is 0 Å². The smallest absolute Gasteiger partial charge is 0.243 e. The molecule has 4 rings (SSSR count). The van der Waals surface area contributed by atoms with Gasteiger partial charge in [-0.1, -0.05) is 48.5 Å². The molecule has 8 heteroatoms. The summed E-state index contributed by atoms with van der Waals surface area (Å²) in [6.07, 6.45) is 0.136. The van der Waals surface area contributed by atoms with Gasteiger partial charge in [-0.25, -0.2) is 8.42 Å². The molecule has 0 aliphatic carbocycles. The van der Waals surface area contributed by atoms with Gasteiger partial charge in [-0.2, -0.15) is 4.31 Å². The van der Waals surface area contributed by atoms with Crippen LogP contribution in [0, 0.1) is 12.8 Å². The molecule has 1 fully saturated rings. The lowest BCUT2D eigenvalue weighted by Gasteiger charge is -2.19. The fourth-order valence-electron chi connectivity index (χ4n) is 4.04. The van der Waals surface area contributed by atoms with Crippen LogP contribution in [0.5, 0.6) is 0 Å². The maximum absolute atomic E-state index is 12.9. The van der Waals surface area contributed by atoms with E-state index in [9.17, 15) is 18.0 Å². The molecule has 3 aromatic rings. The standard InChI is InChI=1S/C26H27N3O4S/c1-19-8-6-7-11-24(19)29-18-21(16-25(29)30)26(31)27-22-12-14-23(15-13-22)34(32,33)28(2)17-20-9-4-3-5-10-20/h3-15,21H,16-18H2,1-2H3,(H,27,31). The minimum Gasteiger partial charge on any atom is -0.326 e. The second-order valence-corrected chi connectivity index (χ2v) is 10.5. The number of para-hydroxylation sites is 1. The van der Waals surface area contributed by atoms with Crippen LogP contribution < -0.4 is 10.2 Å². The molecule has 0 bridgehead atoms. The molecular formula is C26H27N3O4S. The van der Waals surface area contributed by atoms with Crippen molar-refractivity contribution < 1.29 is 18.0 Å². The van der Waals surface area contributed by atoms with Crippen LogP contribution in [-0.4, -0.2) is 38.1 Å². The number of amides is 2. The van der Waals surface area contributed by atoms with Crippen LogP contribution in [0.3, 0.4) is 0 Å². The zero-order valence-electron chi connectivity index (χ0n) is 19.1. The first-order valence-electron chi connectivity index (χ1n) is 11.0. The Morgan fingerprint density at radius 1 is 1.00 bits per heavy atom. The van der Waals surface area contributed by atoms with Crippen LogP contribution >= 0.6 is 0 Å². The summed E-state index contributed by atoms with van der Waals surface area (Å²) in [6.45, 7) is 2.50. The quantitative estimate of drug-likeness (QED) is 0.561. The topological polar surface area (TPSA) is 86.8 Å². The summed E-state index contributed by atoms with van der Waals surface area (Å²) in [7, 11) is -2.14. The maximum atomic E-state index is 12.9. The molecule has 1 heterocycles. The van der Waals surface area contributed by atoms with Crippen LogP contribution in [0.15, 0.2) is 83.8 Å². The Hall–Kier alpha value is -3.49. The van der Waals surface area contributed by atoms with Gasteiger partial charge in [-0.05, 0) is 48.4 Å². The molecule has 176 valence electrons. The van der Waals surface area contributed by atoms with Crippen molar-refractivity contribution in [1.29, 1.82) is 0 Å². The number of hydrogen-bond acceptors (Lipinski definition) is 4. The van der Waals surface area contributed by atoms with Crippen LogP contribution in [0.1, 0.15) is 17.5 Å². The Balaban J connectivity index is 1.40. The zero-order valence-corrected chi connectivity index (χ0v) is 20.0. The molecule has 7 nitrogen and oxygen atoms in total. The fraction of sp³-hybridized carbons (Fsp3) is 0.231. The van der Waals surface area contributed by atoms with E-state index in [0.717, 1.165) is 16.8 Å². The first-order chi connectivity index (χ1) is 16.3. The predicted octanol–water partition coefficient (Wildman–Crippen LogP) is 3.81. The molecule has 1 aliphatic heterocycles. The molecule has 1 unspecified atom stereocenters. The van der Waals surface area contributed by atoms with Crippen molar-refractivity contribution in [2.45, 2.75) is 24.8 Å². The van der Waals surface area contributed by atoms with Crippen molar-refractivity contribution in [1.82, 2.24) is 4.31 Å². The second-order valence-electron chi connectivity index (χ2n) is 8.45. The summed E-state index contributed by atoms with van der Waals surface area (Å²) < 4.78 is 27.1. The van der Waals surface area contributed by atoms with Gasteiger partial charge in [0.25, 0.3) is 0 Å². The molecular weight excluding hydrogens is 450 g/mol. The highest BCUT2D eigenvalue weighted by atomic mass is 32.2. The molecule has 1 saturated heterocycles. The average molecular weight is 478 g/mol. The third kappa shape index (κ3) is 5.03. The number of nitrogens with zero attached hydrogens (tertiary/aromatic N) is 2. The highest BCUT2D eigenvalue weighted by Crippen LogP contribution is 2.28. The molecule has 1 atom stereocenters. The average Bonchev–Trinajstić information content (AvgIpc) is 3.22. The molecule has 1 aliphatic rings. The van der Waals surface area contributed by atoms with Crippen molar-refractivity contribution in [3.8, 4) is 0 Å². The van der Waals surface area contributed by atoms with Crippen molar-refractivity contribution in [3.63, 3.8) is 0 Å². The van der Waals surface area contributed by atoms with Gasteiger partial charge < -0.3 is 10.2 Å². The van der Waals surface area contributed by atoms with E-state index in [4.69, 9.17) is 0 Å². The fourth-order valence-corrected chi connectivity index (χ4v) is 5.20. The van der Waals surface area contributed by atoms with Gasteiger partial charge in [0.15, 0.2) is 0 Å². The van der Waals surface area contributed by atoms with E-state index in [2.05, 4.69) is 5.32 Å². The summed E-state index contributed by atoms with van der Waals surface area (Å²) in [5, 5.41) is 2.81. The first-order valence-corrected chi connectivity index (χ1v) is 12.5. The number of carbonyl (C=O) groups excluding carboxylic acids is 2. The monoisotopic (exact) mass is 477 g/mol. The number of hydrogen-bond donors (Lipinski definition) is 1. The minimum absolute atomic E-state index is 0.0858. The molecule has 34 heavy (non-hydrogen) atoms. The number of nitrogens with one attached hydrogen (secondary N) is 1. The molecule has 0 spiro atoms. The maximum Gasteiger partial charge on any atom is 0.243 e. The molecule has 2 amide bonds. The summed E-state index contributed by atoms with van der Waals surface area (Å²) in [4.78, 5) is 27.1. The summed E-state index contributed by atoms with van der Waals surface area (Å²) >= 11 is 0. The normalized spacial score (nSPS) is 16.1. The molecule has 0 radical (unpaired) electrons. The molecule has 3 aromatic carbocycles. The van der Waals surface area contributed by atoms with Crippen molar-refractivity contribution in [2.75, 3.05) is 23.8 Å². The van der Waals surface area contributed by atoms with Gasteiger partial charge in [0.1, 0.15) is 0 Å². The Kier molecular flexibility index (Phi) is 6.81. The van der Waals surface area contributed by atoms with Crippen molar-refractivity contribution in [3.05, 3.63) is 90.0 Å². The van der Waals surface area contributed by atoms with Crippen molar-refractivity contribution in [2.24, 2.45) is 5.92 Å². The van der Waals surface area contributed by atoms with Gasteiger partial charge in [-0.15, -0.1) is 0 Å². The lowest BCUT2D eigenvalue weighted by Crippen LogP contribution is -2.28. The van der Waals surface area contributed by atoms with E-state index < -0.39 is 15.9 Å². The predicted molar refractivity (Wildman–Crippen MR) is 132 cm³/mol. The number of carbonyl (C=O) groups is 2. The molecule has 1 N–H and O–H groups in total. The van der Waals surface area contributed by atoms with E-state index in [1.165, 1.54) is 23.5 Å². The summed E-state index contributed by atoms with van der Waals surface area (Å²) in [5.74, 6) is -0.828. The Labute approximate surface area is 200 Å². The van der Waals surface area contributed by atoms with Crippen LogP contribution in [0.25, 0.3) is 0 Å². The first kappa shape index (κ1) is 23.7. The summed E-state index contributed by atoms with van der Waals surface area (Å²) in [5.41, 5.74) is 3.17. The zero-order chi connectivity index (χ0) is 24.3. The number of rotatable bonds is 7. The SMILES string of the molecule is Cc1ccccc1N1CC(C(=O)Nc2ccc(S(=O)(=O)N(C)Cc3ccccc3)cc2)CC1=O. The second kappa shape index (κ2) is 9.79. The third-order valence-electron chi connectivity index (χ3n) is 5.98. The number of benzene rings is 3. The number of anilines is 2. The van der Waals surface area contributed by atoms with Crippen LogP contribution in [-0.2, 0) is 26.2 Å². The Morgan fingerprint density at radius 3 is 2.32 bits per heavy atom. The highest BCUT2D eigenvalue weighted by molar-refractivity contribution is 7.89. The molecule has 0 aromatic heterocycles. The van der Waals surface area contributed by atoms with Gasteiger partial charge in [0.2, 0.25) is 21.8 Å². The van der Waals surface area contributed by atoms with Crippen molar-refractivity contribution >= 4 is 33.2 Å². The largest absolute Gasteiger partial charge is 0.326 e. The van der Waals surface area contributed by atoms with E-state index in [1.807, 2.05) is 61.5 Å². The Bertz CT molecular complexity index is 1290. The minimum atomic E-state index is -3.68. The number of aryl methyl sites for hydroxylation is 1. The van der Waals surface area contributed by atoms with Crippen LogP contribution in [0.4, 0.5) is 11.4 Å². The highest BCUT2D eigenvalue weighted by Gasteiger charge is 2.35. The summed E-state index contributed by atoms with van der Waals surface area (Å²) in [6, 6.07) is 23.0. The van der Waals surface area contributed by atoms with E-state index in [-0.39, 0.29) is 29.7 Å². The van der Waals surface area contributed by atoms with Gasteiger partial charge in [0, 0.05) is 37.9 Å². The lowest BCUT2D eigenvalue weighted by atomic mass is 10.1. The molecule has 0 saturated carbocycles. The lowest BCUT2D eigenvalue weighted by molar-refractivity contribution is -0.122. The van der Waals surface area contributed by atoms with E-state index >= 15 is 0 Å². The van der Waals surface area contributed by atoms with E-state index in [1.54, 1.807) is 17.0 Å². The van der Waals surface area contributed by atoms with Gasteiger partial charge in [-0.3, -0.25) is 9.59 Å². The number of sulfonamides is 1. The van der Waals surface area contributed by atoms with E-state index in [0.29, 0.717) is 12.2 Å². The van der Waals surface area contributed by atoms with Gasteiger partial charge in [0.05, 0.1) is 10.8 Å².